The molecule has 0 bridgehead atoms. The average molecular weight is 205 g/mol. The molecule has 1 fully saturated rings. The summed E-state index contributed by atoms with van der Waals surface area (Å²) in [6.07, 6.45) is 1.29. The largest absolute Gasteiger partial charge is 0.213 e. The van der Waals surface area contributed by atoms with Gasteiger partial charge in [0.2, 0.25) is 10.0 Å². The first-order chi connectivity index (χ1) is 5.82. The lowest BCUT2D eigenvalue weighted by molar-refractivity contribution is 0.335. The quantitative estimate of drug-likeness (QED) is 0.678. The van der Waals surface area contributed by atoms with Crippen molar-refractivity contribution in [2.45, 2.75) is 20.8 Å². The molecule has 1 saturated heterocycles. The van der Waals surface area contributed by atoms with Gasteiger partial charge in [-0.3, -0.25) is 0 Å². The van der Waals surface area contributed by atoms with E-state index in [4.69, 9.17) is 0 Å². The van der Waals surface area contributed by atoms with Crippen molar-refractivity contribution in [3.05, 3.63) is 0 Å². The Morgan fingerprint density at radius 2 is 1.85 bits per heavy atom. The van der Waals surface area contributed by atoms with E-state index < -0.39 is 10.0 Å². The van der Waals surface area contributed by atoms with Crippen LogP contribution in [0, 0.1) is 17.8 Å². The van der Waals surface area contributed by atoms with Crippen LogP contribution in [0.4, 0.5) is 0 Å². The van der Waals surface area contributed by atoms with Gasteiger partial charge in [-0.25, -0.2) is 12.7 Å². The second kappa shape index (κ2) is 3.58. The molecule has 0 aromatic rings. The van der Waals surface area contributed by atoms with E-state index in [0.29, 0.717) is 30.8 Å². The second-order valence-corrected chi connectivity index (χ2v) is 6.45. The van der Waals surface area contributed by atoms with Crippen molar-refractivity contribution in [2.24, 2.45) is 17.8 Å². The predicted octanol–water partition coefficient (Wildman–Crippen LogP) is 1.17. The number of hydrogen-bond donors (Lipinski definition) is 0. The lowest BCUT2D eigenvalue weighted by atomic mass is 9.88. The highest BCUT2D eigenvalue weighted by Gasteiger charge is 2.35. The molecule has 0 aromatic carbocycles. The molecule has 0 saturated carbocycles. The highest BCUT2D eigenvalue weighted by atomic mass is 32.2. The first kappa shape index (κ1) is 11.0. The van der Waals surface area contributed by atoms with Crippen LogP contribution in [-0.4, -0.2) is 32.1 Å². The van der Waals surface area contributed by atoms with Crippen molar-refractivity contribution >= 4 is 10.0 Å². The van der Waals surface area contributed by atoms with Gasteiger partial charge in [0, 0.05) is 13.1 Å². The fourth-order valence-electron chi connectivity index (χ4n) is 2.08. The summed E-state index contributed by atoms with van der Waals surface area (Å²) in [6, 6.07) is 0. The van der Waals surface area contributed by atoms with E-state index in [-0.39, 0.29) is 0 Å². The highest BCUT2D eigenvalue weighted by molar-refractivity contribution is 7.88. The number of hydrogen-bond acceptors (Lipinski definition) is 2. The zero-order chi connectivity index (χ0) is 10.2. The first-order valence-electron chi connectivity index (χ1n) is 4.77. The number of nitrogens with zero attached hydrogens (tertiary/aromatic N) is 1. The Balaban J connectivity index is 2.71. The van der Waals surface area contributed by atoms with Crippen molar-refractivity contribution in [3.8, 4) is 0 Å². The Morgan fingerprint density at radius 1 is 1.31 bits per heavy atom. The van der Waals surface area contributed by atoms with E-state index in [2.05, 4.69) is 20.8 Å². The molecule has 0 aromatic heterocycles. The van der Waals surface area contributed by atoms with E-state index in [1.165, 1.54) is 6.26 Å². The molecule has 0 amide bonds. The Labute approximate surface area is 81.2 Å². The summed E-state index contributed by atoms with van der Waals surface area (Å²) >= 11 is 0. The molecule has 2 atom stereocenters. The number of sulfonamides is 1. The minimum atomic E-state index is -2.97. The van der Waals surface area contributed by atoms with Crippen molar-refractivity contribution in [1.82, 2.24) is 4.31 Å². The molecule has 0 unspecified atom stereocenters. The van der Waals surface area contributed by atoms with E-state index >= 15 is 0 Å². The lowest BCUT2D eigenvalue weighted by Crippen LogP contribution is -2.28. The van der Waals surface area contributed by atoms with Gasteiger partial charge in [-0.2, -0.15) is 0 Å². The maximum atomic E-state index is 11.3. The maximum absolute atomic E-state index is 11.3. The fourth-order valence-corrected chi connectivity index (χ4v) is 3.03. The summed E-state index contributed by atoms with van der Waals surface area (Å²) < 4.78 is 24.1. The van der Waals surface area contributed by atoms with E-state index in [0.717, 1.165) is 0 Å². The zero-order valence-electron chi connectivity index (χ0n) is 8.82. The minimum absolute atomic E-state index is 0.495. The molecule has 3 nitrogen and oxygen atoms in total. The standard InChI is InChI=1S/C9H19NO2S/c1-7(2)9-6-10(5-8(9)3)13(4,11)12/h7-9H,5-6H2,1-4H3/t8-,9+/m1/s1. The third-order valence-corrected chi connectivity index (χ3v) is 4.20. The SMILES string of the molecule is CC(C)[C@@H]1CN(S(C)(=O)=O)C[C@H]1C. The van der Waals surface area contributed by atoms with E-state index in [9.17, 15) is 8.42 Å². The molecule has 1 rings (SSSR count). The minimum Gasteiger partial charge on any atom is -0.213 e. The number of rotatable bonds is 2. The Kier molecular flexibility index (Phi) is 3.02. The van der Waals surface area contributed by atoms with E-state index in [1.807, 2.05) is 0 Å². The van der Waals surface area contributed by atoms with Crippen LogP contribution in [0.3, 0.4) is 0 Å². The van der Waals surface area contributed by atoms with Gasteiger partial charge in [-0.1, -0.05) is 20.8 Å². The summed E-state index contributed by atoms with van der Waals surface area (Å²) in [7, 11) is -2.97. The maximum Gasteiger partial charge on any atom is 0.211 e. The lowest BCUT2D eigenvalue weighted by Gasteiger charge is -2.17. The van der Waals surface area contributed by atoms with Gasteiger partial charge in [-0.15, -0.1) is 0 Å². The summed E-state index contributed by atoms with van der Waals surface area (Å²) in [5.74, 6) is 1.59. The van der Waals surface area contributed by atoms with Crippen LogP contribution in [0.5, 0.6) is 0 Å². The summed E-state index contributed by atoms with van der Waals surface area (Å²) in [6.45, 7) is 7.86. The van der Waals surface area contributed by atoms with Gasteiger partial charge < -0.3 is 0 Å². The highest BCUT2D eigenvalue weighted by Crippen LogP contribution is 2.30. The van der Waals surface area contributed by atoms with Crippen molar-refractivity contribution < 1.29 is 8.42 Å². The Bertz CT molecular complexity index is 271. The van der Waals surface area contributed by atoms with Gasteiger partial charge in [0.1, 0.15) is 0 Å². The summed E-state index contributed by atoms with van der Waals surface area (Å²) in [4.78, 5) is 0. The topological polar surface area (TPSA) is 37.4 Å². The van der Waals surface area contributed by atoms with Crippen molar-refractivity contribution in [3.63, 3.8) is 0 Å². The van der Waals surface area contributed by atoms with Crippen LogP contribution < -0.4 is 0 Å². The zero-order valence-corrected chi connectivity index (χ0v) is 9.63. The van der Waals surface area contributed by atoms with Gasteiger partial charge in [0.05, 0.1) is 6.26 Å². The molecule has 0 aliphatic carbocycles. The van der Waals surface area contributed by atoms with Crippen molar-refractivity contribution in [2.75, 3.05) is 19.3 Å². The second-order valence-electron chi connectivity index (χ2n) is 4.47. The monoisotopic (exact) mass is 205 g/mol. The Morgan fingerprint density at radius 3 is 2.08 bits per heavy atom. The third-order valence-electron chi connectivity index (χ3n) is 2.96. The average Bonchev–Trinajstić information content (AvgIpc) is 2.29. The van der Waals surface area contributed by atoms with Gasteiger partial charge in [0.15, 0.2) is 0 Å². The molecule has 4 heteroatoms. The molecule has 13 heavy (non-hydrogen) atoms. The molecular weight excluding hydrogens is 186 g/mol. The molecule has 1 aliphatic rings. The summed E-state index contributed by atoms with van der Waals surface area (Å²) in [5.41, 5.74) is 0. The molecule has 78 valence electrons. The van der Waals surface area contributed by atoms with E-state index in [1.54, 1.807) is 4.31 Å². The van der Waals surface area contributed by atoms with Crippen LogP contribution in [-0.2, 0) is 10.0 Å². The molecule has 1 heterocycles. The molecule has 0 N–H and O–H groups in total. The van der Waals surface area contributed by atoms with Gasteiger partial charge >= 0.3 is 0 Å². The predicted molar refractivity (Wildman–Crippen MR) is 53.9 cm³/mol. The van der Waals surface area contributed by atoms with Gasteiger partial charge in [-0.05, 0) is 17.8 Å². The first-order valence-corrected chi connectivity index (χ1v) is 6.62. The van der Waals surface area contributed by atoms with Crippen LogP contribution >= 0.6 is 0 Å². The Hall–Kier alpha value is -0.0900. The normalized spacial score (nSPS) is 31.5. The van der Waals surface area contributed by atoms with Crippen LogP contribution in [0.25, 0.3) is 0 Å². The molecule has 0 radical (unpaired) electrons. The molecule has 0 spiro atoms. The van der Waals surface area contributed by atoms with Crippen LogP contribution in [0.2, 0.25) is 0 Å². The molecule has 1 aliphatic heterocycles. The fraction of sp³-hybridized carbons (Fsp3) is 1.00. The third kappa shape index (κ3) is 2.44. The van der Waals surface area contributed by atoms with Crippen LogP contribution in [0.15, 0.2) is 0 Å². The summed E-state index contributed by atoms with van der Waals surface area (Å²) in [5, 5.41) is 0. The van der Waals surface area contributed by atoms with Crippen LogP contribution in [0.1, 0.15) is 20.8 Å². The smallest absolute Gasteiger partial charge is 0.211 e. The van der Waals surface area contributed by atoms with Crippen molar-refractivity contribution in [1.29, 1.82) is 0 Å². The molecular formula is C9H19NO2S. The van der Waals surface area contributed by atoms with Gasteiger partial charge in [0.25, 0.3) is 0 Å².